The normalized spacial score (nSPS) is 19.0. The maximum absolute atomic E-state index is 12.5. The van der Waals surface area contributed by atoms with Crippen LogP contribution in [0.25, 0.3) is 0 Å². The summed E-state index contributed by atoms with van der Waals surface area (Å²) in [5.74, 6) is -0.646. The second-order valence-electron chi connectivity index (χ2n) is 7.48. The molecule has 9 heteroatoms. The summed E-state index contributed by atoms with van der Waals surface area (Å²) in [6.07, 6.45) is 1.80. The molecule has 0 aromatic heterocycles. The largest absolute Gasteiger partial charge is 0.444 e. The third kappa shape index (κ3) is 8.01. The van der Waals surface area contributed by atoms with Gasteiger partial charge >= 0.3 is 6.09 Å². The van der Waals surface area contributed by atoms with E-state index >= 15 is 0 Å². The molecular formula is C17H32N4O5. The molecule has 0 bridgehead atoms. The van der Waals surface area contributed by atoms with Gasteiger partial charge in [0, 0.05) is 6.54 Å². The molecule has 26 heavy (non-hydrogen) atoms. The smallest absolute Gasteiger partial charge is 0.408 e. The second-order valence-corrected chi connectivity index (χ2v) is 7.48. The number of aliphatic hydroxyl groups is 1. The maximum Gasteiger partial charge on any atom is 0.408 e. The fourth-order valence-electron chi connectivity index (χ4n) is 2.70. The number of hydrogen-bond donors (Lipinski definition) is 4. The second kappa shape index (κ2) is 10.3. The van der Waals surface area contributed by atoms with Crippen LogP contribution in [0.5, 0.6) is 0 Å². The third-order valence-electron chi connectivity index (χ3n) is 3.90. The number of carbonyl (C=O) groups is 3. The van der Waals surface area contributed by atoms with Gasteiger partial charge in [-0.2, -0.15) is 0 Å². The molecule has 0 aromatic rings. The lowest BCUT2D eigenvalue weighted by atomic mass is 10.0. The fourth-order valence-corrected chi connectivity index (χ4v) is 2.70. The summed E-state index contributed by atoms with van der Waals surface area (Å²) >= 11 is 0. The van der Waals surface area contributed by atoms with Crippen LogP contribution in [0.3, 0.4) is 0 Å². The average Bonchev–Trinajstić information content (AvgIpc) is 2.53. The highest BCUT2D eigenvalue weighted by Gasteiger charge is 2.32. The number of piperidine rings is 1. The summed E-state index contributed by atoms with van der Waals surface area (Å²) < 4.78 is 5.17. The summed E-state index contributed by atoms with van der Waals surface area (Å²) in [4.78, 5) is 37.9. The Morgan fingerprint density at radius 2 is 2.12 bits per heavy atom. The molecule has 0 spiro atoms. The van der Waals surface area contributed by atoms with Crippen LogP contribution in [-0.2, 0) is 14.3 Å². The molecule has 0 saturated carbocycles. The average molecular weight is 372 g/mol. The summed E-state index contributed by atoms with van der Waals surface area (Å²) in [7, 11) is 0. The molecule has 0 radical (unpaired) electrons. The van der Waals surface area contributed by atoms with Crippen LogP contribution in [0.15, 0.2) is 0 Å². The lowest BCUT2D eigenvalue weighted by Gasteiger charge is -2.33. The van der Waals surface area contributed by atoms with Crippen molar-refractivity contribution in [3.63, 3.8) is 0 Å². The number of amides is 3. The number of rotatable bonds is 8. The van der Waals surface area contributed by atoms with Gasteiger partial charge in [0.05, 0.1) is 19.2 Å². The highest BCUT2D eigenvalue weighted by molar-refractivity contribution is 5.90. The van der Waals surface area contributed by atoms with Crippen LogP contribution in [0.1, 0.15) is 46.5 Å². The van der Waals surface area contributed by atoms with Gasteiger partial charge < -0.3 is 31.1 Å². The molecule has 2 unspecified atom stereocenters. The van der Waals surface area contributed by atoms with E-state index in [4.69, 9.17) is 10.5 Å². The SMILES string of the molecule is CC(C)(C)OC(=O)NC1CCCN(CC(=O)NC(CO)CCCN)C1=O. The van der Waals surface area contributed by atoms with Crippen molar-refractivity contribution in [1.82, 2.24) is 15.5 Å². The molecule has 3 amide bonds. The van der Waals surface area contributed by atoms with Crippen LogP contribution in [0, 0.1) is 0 Å². The predicted octanol–water partition coefficient (Wildman–Crippen LogP) is -0.282. The Balaban J connectivity index is 2.53. The molecule has 1 rings (SSSR count). The number of nitrogens with zero attached hydrogens (tertiary/aromatic N) is 1. The van der Waals surface area contributed by atoms with E-state index in [-0.39, 0.29) is 31.0 Å². The lowest BCUT2D eigenvalue weighted by molar-refractivity contribution is -0.140. The van der Waals surface area contributed by atoms with Crippen LogP contribution in [-0.4, -0.2) is 71.8 Å². The molecule has 0 aromatic carbocycles. The van der Waals surface area contributed by atoms with Crippen molar-refractivity contribution in [3.05, 3.63) is 0 Å². The topological polar surface area (TPSA) is 134 Å². The van der Waals surface area contributed by atoms with Crippen molar-refractivity contribution in [1.29, 1.82) is 0 Å². The first kappa shape index (κ1) is 22.2. The third-order valence-corrected chi connectivity index (χ3v) is 3.90. The number of carbonyl (C=O) groups excluding carboxylic acids is 3. The van der Waals surface area contributed by atoms with E-state index in [1.807, 2.05) is 0 Å². The van der Waals surface area contributed by atoms with Gasteiger partial charge in [-0.25, -0.2) is 4.79 Å². The highest BCUT2D eigenvalue weighted by atomic mass is 16.6. The Morgan fingerprint density at radius 1 is 1.42 bits per heavy atom. The van der Waals surface area contributed by atoms with Crippen LogP contribution in [0.4, 0.5) is 4.79 Å². The molecule has 5 N–H and O–H groups in total. The van der Waals surface area contributed by atoms with E-state index in [0.717, 1.165) is 0 Å². The zero-order valence-electron chi connectivity index (χ0n) is 15.9. The van der Waals surface area contributed by atoms with Crippen LogP contribution < -0.4 is 16.4 Å². The van der Waals surface area contributed by atoms with Gasteiger partial charge in [-0.1, -0.05) is 0 Å². The molecule has 0 aliphatic carbocycles. The number of aliphatic hydroxyl groups excluding tert-OH is 1. The first-order chi connectivity index (χ1) is 12.2. The number of alkyl carbamates (subject to hydrolysis) is 1. The summed E-state index contributed by atoms with van der Waals surface area (Å²) in [5.41, 5.74) is 4.78. The summed E-state index contributed by atoms with van der Waals surface area (Å²) in [6.45, 7) is 5.88. The molecule has 1 aliphatic heterocycles. The van der Waals surface area contributed by atoms with E-state index in [2.05, 4.69) is 10.6 Å². The Kier molecular flexibility index (Phi) is 8.80. The zero-order chi connectivity index (χ0) is 19.7. The van der Waals surface area contributed by atoms with Gasteiger partial charge in [0.2, 0.25) is 11.8 Å². The van der Waals surface area contributed by atoms with E-state index in [1.54, 1.807) is 20.8 Å². The van der Waals surface area contributed by atoms with Gasteiger partial charge in [0.1, 0.15) is 11.6 Å². The Bertz CT molecular complexity index is 492. The monoisotopic (exact) mass is 372 g/mol. The quantitative estimate of drug-likeness (QED) is 0.463. The van der Waals surface area contributed by atoms with Gasteiger partial charge in [-0.05, 0) is 53.0 Å². The number of likely N-dealkylation sites (tertiary alicyclic amines) is 1. The van der Waals surface area contributed by atoms with Crippen molar-refractivity contribution in [2.45, 2.75) is 64.1 Å². The number of hydrogen-bond acceptors (Lipinski definition) is 6. The Labute approximate surface area is 154 Å². The zero-order valence-corrected chi connectivity index (χ0v) is 15.9. The molecule has 1 aliphatic rings. The Morgan fingerprint density at radius 3 is 2.69 bits per heavy atom. The van der Waals surface area contributed by atoms with Gasteiger partial charge in [-0.3, -0.25) is 9.59 Å². The highest BCUT2D eigenvalue weighted by Crippen LogP contribution is 2.13. The van der Waals surface area contributed by atoms with E-state index in [1.165, 1.54) is 4.90 Å². The molecule has 9 nitrogen and oxygen atoms in total. The number of ether oxygens (including phenoxy) is 1. The molecule has 1 saturated heterocycles. The fraction of sp³-hybridized carbons (Fsp3) is 0.824. The predicted molar refractivity (Wildman–Crippen MR) is 96.3 cm³/mol. The summed E-state index contributed by atoms with van der Waals surface area (Å²) in [6, 6.07) is -1.07. The first-order valence-corrected chi connectivity index (χ1v) is 9.05. The number of nitrogens with two attached hydrogens (primary N) is 1. The maximum atomic E-state index is 12.5. The minimum atomic E-state index is -0.697. The summed E-state index contributed by atoms with van der Waals surface area (Å²) in [5, 5.41) is 14.6. The van der Waals surface area contributed by atoms with Crippen molar-refractivity contribution < 1.29 is 24.2 Å². The molecule has 150 valence electrons. The lowest BCUT2D eigenvalue weighted by Crippen LogP contribution is -2.55. The molecule has 1 heterocycles. The minimum Gasteiger partial charge on any atom is -0.444 e. The first-order valence-electron chi connectivity index (χ1n) is 9.05. The molecule has 2 atom stereocenters. The van der Waals surface area contributed by atoms with Gasteiger partial charge in [-0.15, -0.1) is 0 Å². The Hall–Kier alpha value is -1.87. The van der Waals surface area contributed by atoms with E-state index < -0.39 is 17.7 Å². The van der Waals surface area contributed by atoms with E-state index in [0.29, 0.717) is 38.8 Å². The number of nitrogens with one attached hydrogen (secondary N) is 2. The van der Waals surface area contributed by atoms with Crippen LogP contribution in [0.2, 0.25) is 0 Å². The van der Waals surface area contributed by atoms with Crippen molar-refractivity contribution in [2.75, 3.05) is 26.2 Å². The van der Waals surface area contributed by atoms with E-state index in [9.17, 15) is 19.5 Å². The van der Waals surface area contributed by atoms with Gasteiger partial charge in [0.15, 0.2) is 0 Å². The van der Waals surface area contributed by atoms with Gasteiger partial charge in [0.25, 0.3) is 0 Å². The minimum absolute atomic E-state index is 0.107. The molecular weight excluding hydrogens is 340 g/mol. The van der Waals surface area contributed by atoms with Crippen molar-refractivity contribution in [2.24, 2.45) is 5.73 Å². The van der Waals surface area contributed by atoms with Crippen molar-refractivity contribution in [3.8, 4) is 0 Å². The standard InChI is InChI=1S/C17H32N4O5/c1-17(2,3)26-16(25)20-13-7-5-9-21(15(13)24)10-14(23)19-12(11-22)6-4-8-18/h12-13,22H,4-11,18H2,1-3H3,(H,19,23)(H,20,25). The van der Waals surface area contributed by atoms with Crippen molar-refractivity contribution >= 4 is 17.9 Å². The van der Waals surface area contributed by atoms with Crippen LogP contribution >= 0.6 is 0 Å². The molecule has 1 fully saturated rings.